The van der Waals surface area contributed by atoms with E-state index in [9.17, 15) is 0 Å². The van der Waals surface area contributed by atoms with Crippen molar-refractivity contribution in [2.24, 2.45) is 0 Å². The van der Waals surface area contributed by atoms with Crippen molar-refractivity contribution < 1.29 is 4.74 Å². The van der Waals surface area contributed by atoms with E-state index in [4.69, 9.17) is 17.0 Å². The molecule has 0 heterocycles. The Morgan fingerprint density at radius 3 is 2.45 bits per heavy atom. The lowest BCUT2D eigenvalue weighted by molar-refractivity contribution is -0.00158. The van der Waals surface area contributed by atoms with E-state index in [1.54, 1.807) is 0 Å². The Morgan fingerprint density at radius 2 is 2.18 bits per heavy atom. The van der Waals surface area contributed by atoms with Crippen molar-refractivity contribution in [3.63, 3.8) is 0 Å². The highest BCUT2D eigenvalue weighted by Gasteiger charge is 2.11. The standard InChI is InChI=1S/C7H15NOS2/c1-4-8(7(10)11)6(3)9-5-2/h6H,4-5H2,1-3H3,(H,10,11). The molecule has 66 valence electrons. The van der Waals surface area contributed by atoms with Crippen LogP contribution in [-0.2, 0) is 4.74 Å². The fourth-order valence-corrected chi connectivity index (χ4v) is 1.46. The van der Waals surface area contributed by atoms with Crippen LogP contribution in [-0.4, -0.2) is 28.6 Å². The first kappa shape index (κ1) is 11.2. The van der Waals surface area contributed by atoms with Gasteiger partial charge in [-0.25, -0.2) is 0 Å². The molecule has 0 aromatic carbocycles. The highest BCUT2D eigenvalue weighted by Crippen LogP contribution is 2.04. The minimum Gasteiger partial charge on any atom is -0.359 e. The van der Waals surface area contributed by atoms with Crippen molar-refractivity contribution in [2.45, 2.75) is 27.0 Å². The summed E-state index contributed by atoms with van der Waals surface area (Å²) in [4.78, 5) is 1.92. The third-order valence-electron chi connectivity index (χ3n) is 1.43. The summed E-state index contributed by atoms with van der Waals surface area (Å²) in [6.07, 6.45) is 0.0370. The maximum Gasteiger partial charge on any atom is 0.135 e. The van der Waals surface area contributed by atoms with Gasteiger partial charge in [0, 0.05) is 13.2 Å². The Kier molecular flexibility index (Phi) is 5.91. The molecule has 0 N–H and O–H groups in total. The zero-order valence-corrected chi connectivity index (χ0v) is 8.91. The van der Waals surface area contributed by atoms with Gasteiger partial charge in [0.25, 0.3) is 0 Å². The summed E-state index contributed by atoms with van der Waals surface area (Å²) >= 11 is 9.00. The van der Waals surface area contributed by atoms with Gasteiger partial charge < -0.3 is 9.64 Å². The lowest BCUT2D eigenvalue weighted by Crippen LogP contribution is -2.36. The van der Waals surface area contributed by atoms with Crippen LogP contribution in [0.15, 0.2) is 0 Å². The molecule has 0 radical (unpaired) electrons. The number of thiocarbonyl (C=S) groups is 1. The summed E-state index contributed by atoms with van der Waals surface area (Å²) in [5.41, 5.74) is 0. The van der Waals surface area contributed by atoms with Gasteiger partial charge in [0.15, 0.2) is 0 Å². The molecular weight excluding hydrogens is 178 g/mol. The predicted octanol–water partition coefficient (Wildman–Crippen LogP) is 1.91. The van der Waals surface area contributed by atoms with Gasteiger partial charge in [0.1, 0.15) is 10.5 Å². The zero-order valence-electron chi connectivity index (χ0n) is 7.20. The van der Waals surface area contributed by atoms with Crippen LogP contribution in [0.5, 0.6) is 0 Å². The Labute approximate surface area is 79.3 Å². The first-order valence-corrected chi connectivity index (χ1v) is 4.60. The monoisotopic (exact) mass is 193 g/mol. The average molecular weight is 193 g/mol. The van der Waals surface area contributed by atoms with E-state index < -0.39 is 0 Å². The smallest absolute Gasteiger partial charge is 0.135 e. The van der Waals surface area contributed by atoms with Crippen LogP contribution in [0.25, 0.3) is 0 Å². The molecule has 0 aliphatic rings. The van der Waals surface area contributed by atoms with Crippen LogP contribution in [0.2, 0.25) is 0 Å². The molecule has 0 aliphatic heterocycles. The van der Waals surface area contributed by atoms with E-state index in [1.807, 2.05) is 25.7 Å². The average Bonchev–Trinajstić information content (AvgIpc) is 1.88. The zero-order chi connectivity index (χ0) is 8.85. The number of nitrogens with zero attached hydrogens (tertiary/aromatic N) is 1. The summed E-state index contributed by atoms with van der Waals surface area (Å²) in [5, 5.41) is 0. The van der Waals surface area contributed by atoms with Crippen LogP contribution >= 0.6 is 24.8 Å². The maximum atomic E-state index is 5.35. The molecule has 0 spiro atoms. The second-order valence-corrected chi connectivity index (χ2v) is 3.24. The Bertz CT molecular complexity index is 130. The van der Waals surface area contributed by atoms with Crippen molar-refractivity contribution in [1.82, 2.24) is 4.90 Å². The molecule has 2 nitrogen and oxygen atoms in total. The van der Waals surface area contributed by atoms with Gasteiger partial charge in [0.05, 0.1) is 0 Å². The summed E-state index contributed by atoms with van der Waals surface area (Å²) in [7, 11) is 0. The molecule has 1 unspecified atom stereocenters. The molecular formula is C7H15NOS2. The molecule has 0 fully saturated rings. The van der Waals surface area contributed by atoms with Crippen molar-refractivity contribution in [3.05, 3.63) is 0 Å². The molecule has 0 saturated carbocycles. The van der Waals surface area contributed by atoms with Crippen LogP contribution in [0.1, 0.15) is 20.8 Å². The lowest BCUT2D eigenvalue weighted by Gasteiger charge is -2.27. The van der Waals surface area contributed by atoms with Gasteiger partial charge in [0.2, 0.25) is 0 Å². The van der Waals surface area contributed by atoms with Crippen LogP contribution in [0.3, 0.4) is 0 Å². The van der Waals surface area contributed by atoms with Crippen LogP contribution in [0, 0.1) is 0 Å². The highest BCUT2D eigenvalue weighted by atomic mass is 32.1. The molecule has 11 heavy (non-hydrogen) atoms. The molecule has 0 bridgehead atoms. The van der Waals surface area contributed by atoms with E-state index in [1.165, 1.54) is 0 Å². The Morgan fingerprint density at radius 1 is 1.64 bits per heavy atom. The van der Waals surface area contributed by atoms with Gasteiger partial charge in [-0.3, -0.25) is 0 Å². The lowest BCUT2D eigenvalue weighted by atomic mass is 10.5. The van der Waals surface area contributed by atoms with Gasteiger partial charge in [-0.05, 0) is 20.8 Å². The minimum absolute atomic E-state index is 0.0370. The highest BCUT2D eigenvalue weighted by molar-refractivity contribution is 8.10. The second kappa shape index (κ2) is 5.80. The van der Waals surface area contributed by atoms with Crippen LogP contribution < -0.4 is 0 Å². The molecule has 0 aromatic heterocycles. The van der Waals surface area contributed by atoms with E-state index in [-0.39, 0.29) is 6.23 Å². The van der Waals surface area contributed by atoms with Gasteiger partial charge in [-0.2, -0.15) is 0 Å². The van der Waals surface area contributed by atoms with Crippen LogP contribution in [0.4, 0.5) is 0 Å². The predicted molar refractivity (Wildman–Crippen MR) is 55.1 cm³/mol. The molecule has 1 atom stereocenters. The first-order valence-electron chi connectivity index (χ1n) is 3.74. The van der Waals surface area contributed by atoms with Crippen molar-refractivity contribution >= 4 is 29.2 Å². The van der Waals surface area contributed by atoms with Crippen molar-refractivity contribution in [3.8, 4) is 0 Å². The number of hydrogen-bond acceptors (Lipinski definition) is 2. The fourth-order valence-electron chi connectivity index (χ4n) is 0.879. The summed E-state index contributed by atoms with van der Waals surface area (Å²) in [6.45, 7) is 7.50. The number of rotatable bonds is 4. The summed E-state index contributed by atoms with van der Waals surface area (Å²) < 4.78 is 5.94. The normalized spacial score (nSPS) is 12.7. The largest absolute Gasteiger partial charge is 0.359 e. The first-order chi connectivity index (χ1) is 5.13. The SMILES string of the molecule is CCOC(C)N(CC)C(=S)S. The molecule has 0 aromatic rings. The van der Waals surface area contributed by atoms with Gasteiger partial charge in [-0.1, -0.05) is 12.2 Å². The maximum absolute atomic E-state index is 5.35. The molecule has 0 aliphatic carbocycles. The van der Waals surface area contributed by atoms with E-state index >= 15 is 0 Å². The fraction of sp³-hybridized carbons (Fsp3) is 0.857. The topological polar surface area (TPSA) is 12.5 Å². The summed E-state index contributed by atoms with van der Waals surface area (Å²) in [6, 6.07) is 0. The van der Waals surface area contributed by atoms with E-state index in [0.29, 0.717) is 10.9 Å². The third kappa shape index (κ3) is 3.94. The molecule has 0 rings (SSSR count). The van der Waals surface area contributed by atoms with Gasteiger partial charge >= 0.3 is 0 Å². The van der Waals surface area contributed by atoms with Gasteiger partial charge in [-0.15, -0.1) is 12.6 Å². The molecule has 0 saturated heterocycles. The number of hydrogen-bond donors (Lipinski definition) is 1. The Hall–Kier alpha value is 0.200. The van der Waals surface area contributed by atoms with E-state index in [2.05, 4.69) is 12.6 Å². The summed E-state index contributed by atoms with van der Waals surface area (Å²) in [5.74, 6) is 0. The quantitative estimate of drug-likeness (QED) is 0.416. The number of thiol groups is 1. The molecule has 0 amide bonds. The minimum atomic E-state index is 0.0370. The Balaban J connectivity index is 3.91. The third-order valence-corrected chi connectivity index (χ3v) is 1.92. The van der Waals surface area contributed by atoms with Crippen molar-refractivity contribution in [1.29, 1.82) is 0 Å². The van der Waals surface area contributed by atoms with E-state index in [0.717, 1.165) is 6.54 Å². The number of ether oxygens (including phenoxy) is 1. The van der Waals surface area contributed by atoms with Crippen molar-refractivity contribution in [2.75, 3.05) is 13.2 Å². The second-order valence-electron chi connectivity index (χ2n) is 2.12. The molecule has 4 heteroatoms.